The number of hydrogen-bond acceptors (Lipinski definition) is 5. The molecular formula is C20H34IN7S. The smallest absolute Gasteiger partial charge is 0.191 e. The van der Waals surface area contributed by atoms with Crippen LogP contribution in [0.4, 0.5) is 0 Å². The predicted molar refractivity (Wildman–Crippen MR) is 131 cm³/mol. The topological polar surface area (TPSA) is 70.4 Å². The van der Waals surface area contributed by atoms with Gasteiger partial charge in [0.05, 0.1) is 0 Å². The monoisotopic (exact) mass is 531 g/mol. The Morgan fingerprint density at radius 1 is 1.34 bits per heavy atom. The Bertz CT molecular complexity index is 731. The highest BCUT2D eigenvalue weighted by Crippen LogP contribution is 2.37. The van der Waals surface area contributed by atoms with Crippen molar-refractivity contribution in [2.75, 3.05) is 33.2 Å². The normalized spacial score (nSPS) is 20.3. The molecule has 0 saturated carbocycles. The lowest BCUT2D eigenvalue weighted by Gasteiger charge is -2.38. The first-order valence-electron chi connectivity index (χ1n) is 10.3. The summed E-state index contributed by atoms with van der Waals surface area (Å²) >= 11 is 1.86. The number of aromatic nitrogens is 3. The average molecular weight is 532 g/mol. The van der Waals surface area contributed by atoms with Gasteiger partial charge in [0.25, 0.3) is 0 Å². The SMILES string of the molecule is CCNC(=NCC1CCCN(C)C1c1cccs1)NCCn1cnnc1CC.I. The molecule has 0 aromatic carbocycles. The molecule has 0 bridgehead atoms. The summed E-state index contributed by atoms with van der Waals surface area (Å²) in [5.41, 5.74) is 0. The number of hydrogen-bond donors (Lipinski definition) is 2. The molecule has 1 aliphatic heterocycles. The lowest BCUT2D eigenvalue weighted by molar-refractivity contribution is 0.128. The zero-order chi connectivity index (χ0) is 19.8. The van der Waals surface area contributed by atoms with Crippen LogP contribution in [0, 0.1) is 5.92 Å². The standard InChI is InChI=1S/C20H33N7S.HI/c1-4-18-25-24-15-27(18)12-10-22-20(21-5-2)23-14-16-8-6-11-26(3)19(16)17-9-7-13-28-17;/h7,9,13,15-16,19H,4-6,8,10-12,14H2,1-3H3,(H2,21,22,23);1H. The van der Waals surface area contributed by atoms with Gasteiger partial charge in [0, 0.05) is 43.5 Å². The van der Waals surface area contributed by atoms with Gasteiger partial charge >= 0.3 is 0 Å². The molecule has 2 aromatic heterocycles. The van der Waals surface area contributed by atoms with Gasteiger partial charge in [0.1, 0.15) is 12.2 Å². The Morgan fingerprint density at radius 2 is 2.21 bits per heavy atom. The summed E-state index contributed by atoms with van der Waals surface area (Å²) in [6.45, 7) is 8.71. The van der Waals surface area contributed by atoms with Crippen LogP contribution in [0.1, 0.15) is 43.4 Å². The number of nitrogens with zero attached hydrogens (tertiary/aromatic N) is 5. The van der Waals surface area contributed by atoms with E-state index in [4.69, 9.17) is 4.99 Å². The number of likely N-dealkylation sites (tertiary alicyclic amines) is 1. The number of thiophene rings is 1. The van der Waals surface area contributed by atoms with Gasteiger partial charge in [0.2, 0.25) is 0 Å². The predicted octanol–water partition coefficient (Wildman–Crippen LogP) is 3.16. The van der Waals surface area contributed by atoms with Crippen LogP contribution in [0.5, 0.6) is 0 Å². The van der Waals surface area contributed by atoms with Gasteiger partial charge in [-0.15, -0.1) is 45.5 Å². The first kappa shape index (κ1) is 24.1. The third kappa shape index (κ3) is 6.65. The van der Waals surface area contributed by atoms with Crippen LogP contribution in [-0.2, 0) is 13.0 Å². The Kier molecular flexibility index (Phi) is 10.4. The van der Waals surface area contributed by atoms with Crippen LogP contribution in [0.15, 0.2) is 28.8 Å². The molecule has 3 heterocycles. The second-order valence-corrected chi connectivity index (χ2v) is 8.26. The van der Waals surface area contributed by atoms with Gasteiger partial charge in [-0.1, -0.05) is 13.0 Å². The van der Waals surface area contributed by atoms with Crippen molar-refractivity contribution in [1.29, 1.82) is 0 Å². The first-order chi connectivity index (χ1) is 13.7. The highest BCUT2D eigenvalue weighted by atomic mass is 127. The van der Waals surface area contributed by atoms with Crippen LogP contribution in [0.25, 0.3) is 0 Å². The van der Waals surface area contributed by atoms with Crippen molar-refractivity contribution in [3.8, 4) is 0 Å². The molecule has 9 heteroatoms. The minimum Gasteiger partial charge on any atom is -0.357 e. The van der Waals surface area contributed by atoms with Crippen LogP contribution >= 0.6 is 35.3 Å². The molecule has 1 saturated heterocycles. The van der Waals surface area contributed by atoms with E-state index in [1.54, 1.807) is 6.33 Å². The van der Waals surface area contributed by atoms with Gasteiger partial charge in [-0.2, -0.15) is 0 Å². The van der Waals surface area contributed by atoms with Crippen molar-refractivity contribution in [3.05, 3.63) is 34.5 Å². The van der Waals surface area contributed by atoms with Crippen molar-refractivity contribution in [1.82, 2.24) is 30.3 Å². The molecule has 0 spiro atoms. The molecule has 162 valence electrons. The largest absolute Gasteiger partial charge is 0.357 e. The zero-order valence-electron chi connectivity index (χ0n) is 17.7. The zero-order valence-corrected chi connectivity index (χ0v) is 20.8. The maximum absolute atomic E-state index is 4.93. The fraction of sp³-hybridized carbons (Fsp3) is 0.650. The van der Waals surface area contributed by atoms with Crippen LogP contribution < -0.4 is 10.6 Å². The highest BCUT2D eigenvalue weighted by molar-refractivity contribution is 14.0. The van der Waals surface area contributed by atoms with E-state index < -0.39 is 0 Å². The fourth-order valence-corrected chi connectivity index (χ4v) is 4.93. The van der Waals surface area contributed by atoms with E-state index in [9.17, 15) is 0 Å². The number of guanidine groups is 1. The van der Waals surface area contributed by atoms with Crippen LogP contribution in [0.3, 0.4) is 0 Å². The minimum atomic E-state index is 0. The van der Waals surface area contributed by atoms with Gasteiger partial charge in [-0.25, -0.2) is 0 Å². The second kappa shape index (κ2) is 12.5. The number of aryl methyl sites for hydroxylation is 1. The Balaban J connectivity index is 0.00000300. The molecule has 2 aromatic rings. The molecule has 0 amide bonds. The van der Waals surface area contributed by atoms with Gasteiger partial charge in [0.15, 0.2) is 5.96 Å². The molecule has 0 radical (unpaired) electrons. The first-order valence-corrected chi connectivity index (χ1v) is 11.2. The van der Waals surface area contributed by atoms with E-state index in [0.29, 0.717) is 12.0 Å². The van der Waals surface area contributed by atoms with Crippen LogP contribution in [0.2, 0.25) is 0 Å². The van der Waals surface area contributed by atoms with Crippen molar-refractivity contribution in [3.63, 3.8) is 0 Å². The Morgan fingerprint density at radius 3 is 2.93 bits per heavy atom. The number of nitrogens with one attached hydrogen (secondary N) is 2. The van der Waals surface area contributed by atoms with E-state index in [0.717, 1.165) is 44.4 Å². The number of piperidine rings is 1. The molecule has 7 nitrogen and oxygen atoms in total. The third-order valence-electron chi connectivity index (χ3n) is 5.33. The summed E-state index contributed by atoms with van der Waals surface area (Å²) in [7, 11) is 2.24. The van der Waals surface area contributed by atoms with Crippen LogP contribution in [-0.4, -0.2) is 58.9 Å². The summed E-state index contributed by atoms with van der Waals surface area (Å²) < 4.78 is 2.10. The van der Waals surface area contributed by atoms with Crippen molar-refractivity contribution >= 4 is 41.3 Å². The molecule has 29 heavy (non-hydrogen) atoms. The minimum absolute atomic E-state index is 0. The molecular weight excluding hydrogens is 497 g/mol. The van der Waals surface area contributed by atoms with Crippen molar-refractivity contribution in [2.45, 2.75) is 45.7 Å². The summed E-state index contributed by atoms with van der Waals surface area (Å²) in [5, 5.41) is 17.2. The van der Waals surface area contributed by atoms with Crippen molar-refractivity contribution < 1.29 is 0 Å². The van der Waals surface area contributed by atoms with E-state index in [2.05, 4.69) is 68.7 Å². The fourth-order valence-electron chi connectivity index (χ4n) is 3.94. The highest BCUT2D eigenvalue weighted by Gasteiger charge is 2.31. The maximum Gasteiger partial charge on any atom is 0.191 e. The van der Waals surface area contributed by atoms with Gasteiger partial charge in [-0.3, -0.25) is 9.89 Å². The van der Waals surface area contributed by atoms with E-state index >= 15 is 0 Å². The molecule has 2 unspecified atom stereocenters. The maximum atomic E-state index is 4.93. The lowest BCUT2D eigenvalue weighted by atomic mass is 9.88. The van der Waals surface area contributed by atoms with E-state index in [1.165, 1.54) is 24.3 Å². The molecule has 2 atom stereocenters. The Labute approximate surface area is 195 Å². The van der Waals surface area contributed by atoms with Gasteiger partial charge < -0.3 is 15.2 Å². The Hall–Kier alpha value is -1.20. The molecule has 1 fully saturated rings. The summed E-state index contributed by atoms with van der Waals surface area (Å²) in [5.74, 6) is 2.47. The lowest BCUT2D eigenvalue weighted by Crippen LogP contribution is -2.41. The third-order valence-corrected chi connectivity index (χ3v) is 6.27. The van der Waals surface area contributed by atoms with Crippen molar-refractivity contribution in [2.24, 2.45) is 10.9 Å². The average Bonchev–Trinajstić information content (AvgIpc) is 3.38. The van der Waals surface area contributed by atoms with Gasteiger partial charge in [-0.05, 0) is 50.7 Å². The summed E-state index contributed by atoms with van der Waals surface area (Å²) in [4.78, 5) is 8.88. The summed E-state index contributed by atoms with van der Waals surface area (Å²) in [6.07, 6.45) is 5.17. The summed E-state index contributed by atoms with van der Waals surface area (Å²) in [6, 6.07) is 4.90. The second-order valence-electron chi connectivity index (χ2n) is 7.28. The molecule has 2 N–H and O–H groups in total. The van der Waals surface area contributed by atoms with E-state index in [-0.39, 0.29) is 24.0 Å². The van der Waals surface area contributed by atoms with E-state index in [1.807, 2.05) is 11.3 Å². The molecule has 3 rings (SSSR count). The number of halogens is 1. The number of aliphatic imine (C=N–C) groups is 1. The number of rotatable bonds is 8. The molecule has 0 aliphatic carbocycles. The quantitative estimate of drug-likeness (QED) is 0.311. The molecule has 1 aliphatic rings.